The van der Waals surface area contributed by atoms with Crippen LogP contribution in [0, 0.1) is 5.92 Å². The monoisotopic (exact) mass is 328 g/mol. The highest BCUT2D eigenvalue weighted by Gasteiger charge is 2.40. The molecule has 0 spiro atoms. The normalized spacial score (nSPS) is 19.8. The van der Waals surface area contributed by atoms with Crippen LogP contribution in [0.2, 0.25) is 0 Å². The first-order valence-electron chi connectivity index (χ1n) is 7.51. The number of carbonyl (C=O) groups is 2. The Morgan fingerprint density at radius 1 is 1.39 bits per heavy atom. The molecule has 2 unspecified atom stereocenters. The van der Waals surface area contributed by atoms with Crippen LogP contribution >= 0.6 is 0 Å². The van der Waals surface area contributed by atoms with Gasteiger partial charge in [-0.1, -0.05) is 19.1 Å². The average molecular weight is 328 g/mol. The number of alkyl halides is 3. The summed E-state index contributed by atoms with van der Waals surface area (Å²) in [4.78, 5) is 25.3. The van der Waals surface area contributed by atoms with E-state index < -0.39 is 23.6 Å². The van der Waals surface area contributed by atoms with Gasteiger partial charge in [0.05, 0.1) is 17.2 Å². The fourth-order valence-electron chi connectivity index (χ4n) is 2.53. The fourth-order valence-corrected chi connectivity index (χ4v) is 2.53. The van der Waals surface area contributed by atoms with Crippen molar-refractivity contribution in [1.29, 1.82) is 0 Å². The topological polar surface area (TPSA) is 49.4 Å². The number of halogens is 3. The van der Waals surface area contributed by atoms with Gasteiger partial charge < -0.3 is 10.2 Å². The molecule has 2 rings (SSSR count). The number of hydrogen-bond donors (Lipinski definition) is 1. The molecule has 1 aromatic rings. The van der Waals surface area contributed by atoms with E-state index in [1.807, 2.05) is 13.8 Å². The summed E-state index contributed by atoms with van der Waals surface area (Å²) >= 11 is 0. The number of rotatable bonds is 4. The van der Waals surface area contributed by atoms with Gasteiger partial charge in [0.15, 0.2) is 0 Å². The Kier molecular flexibility index (Phi) is 4.97. The number of hydrogen-bond acceptors (Lipinski definition) is 2. The van der Waals surface area contributed by atoms with Crippen molar-refractivity contribution >= 4 is 17.5 Å². The maximum absolute atomic E-state index is 13.1. The van der Waals surface area contributed by atoms with Gasteiger partial charge in [0, 0.05) is 19.0 Å². The highest BCUT2D eigenvalue weighted by molar-refractivity contribution is 6.00. The fraction of sp³-hybridized carbons (Fsp3) is 0.500. The zero-order valence-electron chi connectivity index (χ0n) is 13.0. The second-order valence-corrected chi connectivity index (χ2v) is 5.74. The van der Waals surface area contributed by atoms with E-state index in [0.717, 1.165) is 17.4 Å². The lowest BCUT2D eigenvalue weighted by atomic mass is 10.1. The molecule has 0 aromatic heterocycles. The molecule has 4 nitrogen and oxygen atoms in total. The van der Waals surface area contributed by atoms with E-state index in [9.17, 15) is 22.8 Å². The van der Waals surface area contributed by atoms with Crippen molar-refractivity contribution < 1.29 is 22.8 Å². The predicted molar refractivity (Wildman–Crippen MR) is 79.8 cm³/mol. The van der Waals surface area contributed by atoms with Crippen LogP contribution in [0.15, 0.2) is 24.3 Å². The van der Waals surface area contributed by atoms with Crippen LogP contribution in [0.4, 0.5) is 18.9 Å². The minimum Gasteiger partial charge on any atom is -0.353 e. The Balaban J connectivity index is 2.20. The van der Waals surface area contributed by atoms with Crippen molar-refractivity contribution in [2.45, 2.75) is 38.9 Å². The van der Waals surface area contributed by atoms with Crippen LogP contribution in [0.1, 0.15) is 32.3 Å². The highest BCUT2D eigenvalue weighted by Crippen LogP contribution is 2.38. The minimum atomic E-state index is -4.55. The number of nitrogens with one attached hydrogen (secondary N) is 1. The highest BCUT2D eigenvalue weighted by atomic mass is 19.4. The predicted octanol–water partition coefficient (Wildman–Crippen LogP) is 2.97. The summed E-state index contributed by atoms with van der Waals surface area (Å²) < 4.78 is 39.3. The molecule has 1 saturated heterocycles. The zero-order valence-corrected chi connectivity index (χ0v) is 13.0. The first kappa shape index (κ1) is 17.3. The molecular formula is C16H19F3N2O2. The molecule has 1 aliphatic heterocycles. The van der Waals surface area contributed by atoms with E-state index in [1.165, 1.54) is 18.2 Å². The quantitative estimate of drug-likeness (QED) is 0.924. The first-order chi connectivity index (χ1) is 10.7. The number of para-hydroxylation sites is 1. The van der Waals surface area contributed by atoms with Crippen molar-refractivity contribution in [3.05, 3.63) is 29.8 Å². The van der Waals surface area contributed by atoms with E-state index in [2.05, 4.69) is 5.32 Å². The third-order valence-corrected chi connectivity index (χ3v) is 4.00. The molecule has 1 fully saturated rings. The molecule has 1 aliphatic rings. The van der Waals surface area contributed by atoms with Gasteiger partial charge in [0.1, 0.15) is 0 Å². The first-order valence-corrected chi connectivity index (χ1v) is 7.51. The molecule has 23 heavy (non-hydrogen) atoms. The number of nitrogens with zero attached hydrogens (tertiary/aromatic N) is 1. The lowest BCUT2D eigenvalue weighted by molar-refractivity contribution is -0.137. The Morgan fingerprint density at radius 2 is 2.04 bits per heavy atom. The summed E-state index contributed by atoms with van der Waals surface area (Å²) in [5.74, 6) is -1.39. The Labute approximate surface area is 132 Å². The van der Waals surface area contributed by atoms with Crippen LogP contribution in [0.5, 0.6) is 0 Å². The number of anilines is 1. The second-order valence-electron chi connectivity index (χ2n) is 5.74. The summed E-state index contributed by atoms with van der Waals surface area (Å²) in [6.45, 7) is 3.72. The van der Waals surface area contributed by atoms with Crippen molar-refractivity contribution in [1.82, 2.24) is 5.32 Å². The molecule has 0 aliphatic carbocycles. The van der Waals surface area contributed by atoms with Crippen LogP contribution in [-0.2, 0) is 15.8 Å². The van der Waals surface area contributed by atoms with Gasteiger partial charge in [0.2, 0.25) is 11.8 Å². The summed E-state index contributed by atoms with van der Waals surface area (Å²) in [6, 6.07) is 4.89. The standard InChI is InChI=1S/C16H19F3N2O2/c1-3-10(2)20-15(23)11-8-14(22)21(9-11)13-7-5-4-6-12(13)16(17,18)19/h4-7,10-11H,3,8-9H2,1-2H3,(H,20,23). The van der Waals surface area contributed by atoms with E-state index in [1.54, 1.807) is 0 Å². The van der Waals surface area contributed by atoms with Gasteiger partial charge in [-0.25, -0.2) is 0 Å². The zero-order chi connectivity index (χ0) is 17.2. The Morgan fingerprint density at radius 3 is 2.65 bits per heavy atom. The van der Waals surface area contributed by atoms with E-state index in [0.29, 0.717) is 0 Å². The van der Waals surface area contributed by atoms with Crippen molar-refractivity contribution in [3.63, 3.8) is 0 Å². The van der Waals surface area contributed by atoms with Crippen molar-refractivity contribution in [2.75, 3.05) is 11.4 Å². The van der Waals surface area contributed by atoms with Crippen LogP contribution in [0.3, 0.4) is 0 Å². The molecule has 0 radical (unpaired) electrons. The third-order valence-electron chi connectivity index (χ3n) is 4.00. The van der Waals surface area contributed by atoms with E-state index in [4.69, 9.17) is 0 Å². The summed E-state index contributed by atoms with van der Waals surface area (Å²) in [5.41, 5.74) is -1.06. The van der Waals surface area contributed by atoms with Gasteiger partial charge in [-0.15, -0.1) is 0 Å². The molecule has 1 heterocycles. The molecule has 2 atom stereocenters. The van der Waals surface area contributed by atoms with Gasteiger partial charge in [0.25, 0.3) is 0 Å². The molecule has 7 heteroatoms. The molecule has 126 valence electrons. The Bertz CT molecular complexity index is 601. The number of carbonyl (C=O) groups excluding carboxylic acids is 2. The largest absolute Gasteiger partial charge is 0.418 e. The molecular weight excluding hydrogens is 309 g/mol. The van der Waals surface area contributed by atoms with Gasteiger partial charge >= 0.3 is 6.18 Å². The maximum atomic E-state index is 13.1. The van der Waals surface area contributed by atoms with Crippen molar-refractivity contribution in [3.8, 4) is 0 Å². The lowest BCUT2D eigenvalue weighted by Gasteiger charge is -2.21. The van der Waals surface area contributed by atoms with Gasteiger partial charge in [-0.2, -0.15) is 13.2 Å². The smallest absolute Gasteiger partial charge is 0.353 e. The Hall–Kier alpha value is -2.05. The van der Waals surface area contributed by atoms with Crippen LogP contribution < -0.4 is 10.2 Å². The maximum Gasteiger partial charge on any atom is 0.418 e. The number of benzene rings is 1. The van der Waals surface area contributed by atoms with E-state index >= 15 is 0 Å². The summed E-state index contributed by atoms with van der Waals surface area (Å²) in [5, 5.41) is 2.77. The molecule has 1 N–H and O–H groups in total. The second kappa shape index (κ2) is 6.60. The molecule has 0 bridgehead atoms. The third kappa shape index (κ3) is 3.83. The van der Waals surface area contributed by atoms with E-state index in [-0.39, 0.29) is 30.6 Å². The average Bonchev–Trinajstić information content (AvgIpc) is 2.88. The lowest BCUT2D eigenvalue weighted by Crippen LogP contribution is -2.38. The van der Waals surface area contributed by atoms with Crippen LogP contribution in [0.25, 0.3) is 0 Å². The summed E-state index contributed by atoms with van der Waals surface area (Å²) in [6.07, 6.45) is -3.88. The number of amides is 2. The molecule has 1 aromatic carbocycles. The van der Waals surface area contributed by atoms with Crippen LogP contribution in [-0.4, -0.2) is 24.4 Å². The molecule has 0 saturated carbocycles. The van der Waals surface area contributed by atoms with Crippen molar-refractivity contribution in [2.24, 2.45) is 5.92 Å². The SMILES string of the molecule is CCC(C)NC(=O)C1CC(=O)N(c2ccccc2C(F)(F)F)C1. The minimum absolute atomic E-state index is 0.0332. The summed E-state index contributed by atoms with van der Waals surface area (Å²) in [7, 11) is 0. The van der Waals surface area contributed by atoms with Gasteiger partial charge in [-0.3, -0.25) is 9.59 Å². The van der Waals surface area contributed by atoms with Gasteiger partial charge in [-0.05, 0) is 25.5 Å². The molecule has 2 amide bonds.